The second-order valence-corrected chi connectivity index (χ2v) is 8.74. The number of hydrogen-bond donors (Lipinski definition) is 1. The number of nitrogens with one attached hydrogen (secondary N) is 1. The molecular weight excluding hydrogens is 402 g/mol. The monoisotopic (exact) mass is 425 g/mol. The molecule has 8 nitrogen and oxygen atoms in total. The highest BCUT2D eigenvalue weighted by atomic mass is 32.1. The summed E-state index contributed by atoms with van der Waals surface area (Å²) < 4.78 is 3.23. The van der Waals surface area contributed by atoms with Gasteiger partial charge in [0.2, 0.25) is 0 Å². The summed E-state index contributed by atoms with van der Waals surface area (Å²) in [5.74, 6) is 0.269. The quantitative estimate of drug-likeness (QED) is 0.688. The minimum absolute atomic E-state index is 0.0200. The van der Waals surface area contributed by atoms with Crippen molar-refractivity contribution in [3.63, 3.8) is 0 Å². The molecule has 0 fully saturated rings. The molecule has 1 aliphatic rings. The van der Waals surface area contributed by atoms with Gasteiger partial charge in [-0.3, -0.25) is 14.4 Å². The molecule has 156 valence electrons. The second-order valence-electron chi connectivity index (χ2n) is 7.45. The fourth-order valence-corrected chi connectivity index (χ4v) is 4.55. The van der Waals surface area contributed by atoms with Gasteiger partial charge in [0, 0.05) is 50.7 Å². The number of hydrogen-bond acceptors (Lipinski definition) is 5. The summed E-state index contributed by atoms with van der Waals surface area (Å²) in [5, 5.41) is 2.81. The third kappa shape index (κ3) is 3.68. The fourth-order valence-electron chi connectivity index (χ4n) is 3.72. The van der Waals surface area contributed by atoms with E-state index in [0.29, 0.717) is 30.2 Å². The Hall–Kier alpha value is -3.20. The Balaban J connectivity index is 1.59. The van der Waals surface area contributed by atoms with Gasteiger partial charge >= 0.3 is 0 Å². The topological polar surface area (TPSA) is 89.2 Å². The van der Waals surface area contributed by atoms with Crippen molar-refractivity contribution in [3.05, 3.63) is 73.3 Å². The summed E-state index contributed by atoms with van der Waals surface area (Å²) >= 11 is 1.47. The SMILES string of the molecule is Cc1ccc(C(=O)N2CCc3c(cn(C)c(=O)c3C(=O)NCc3nccn3C)C2)s1. The molecule has 1 N–H and O–H groups in total. The van der Waals surface area contributed by atoms with Gasteiger partial charge in [-0.1, -0.05) is 0 Å². The van der Waals surface area contributed by atoms with E-state index in [1.165, 1.54) is 15.9 Å². The number of pyridine rings is 1. The number of imidazole rings is 1. The van der Waals surface area contributed by atoms with E-state index in [2.05, 4.69) is 10.3 Å². The Bertz CT molecular complexity index is 1190. The Labute approximate surface area is 177 Å². The third-order valence-corrected chi connectivity index (χ3v) is 6.35. The van der Waals surface area contributed by atoms with Gasteiger partial charge in [-0.15, -0.1) is 11.3 Å². The number of aromatic nitrogens is 3. The van der Waals surface area contributed by atoms with Crippen LogP contribution in [0, 0.1) is 6.92 Å². The highest BCUT2D eigenvalue weighted by Crippen LogP contribution is 2.24. The lowest BCUT2D eigenvalue weighted by molar-refractivity contribution is 0.0739. The van der Waals surface area contributed by atoms with Gasteiger partial charge in [0.1, 0.15) is 11.4 Å². The predicted molar refractivity (Wildman–Crippen MR) is 114 cm³/mol. The third-order valence-electron chi connectivity index (χ3n) is 5.36. The molecule has 3 aromatic heterocycles. The first-order valence-corrected chi connectivity index (χ1v) is 10.5. The minimum atomic E-state index is -0.413. The molecule has 4 heterocycles. The lowest BCUT2D eigenvalue weighted by atomic mass is 9.96. The number of nitrogens with zero attached hydrogens (tertiary/aromatic N) is 4. The lowest BCUT2D eigenvalue weighted by Gasteiger charge is -2.30. The van der Waals surface area contributed by atoms with Crippen LogP contribution in [0.1, 0.15) is 41.9 Å². The van der Waals surface area contributed by atoms with Crippen LogP contribution in [-0.2, 0) is 33.6 Å². The number of carbonyl (C=O) groups excluding carboxylic acids is 2. The van der Waals surface area contributed by atoms with Crippen molar-refractivity contribution in [1.82, 2.24) is 24.3 Å². The largest absolute Gasteiger partial charge is 0.345 e. The van der Waals surface area contributed by atoms with Gasteiger partial charge in [0.15, 0.2) is 0 Å². The molecule has 0 saturated heterocycles. The van der Waals surface area contributed by atoms with Gasteiger partial charge in [-0.05, 0) is 36.6 Å². The van der Waals surface area contributed by atoms with E-state index in [9.17, 15) is 14.4 Å². The van der Waals surface area contributed by atoms with Gasteiger partial charge in [0.05, 0.1) is 11.4 Å². The standard InChI is InChI=1S/C21H23N5O3S/c1-13-4-5-16(30-13)20(28)26-8-6-15-14(12-26)11-25(3)21(29)18(15)19(27)23-10-17-22-7-9-24(17)2/h4-5,7,9,11H,6,8,10,12H2,1-3H3,(H,23,27). The maximum atomic E-state index is 12.9. The number of thiophene rings is 1. The molecule has 0 bridgehead atoms. The highest BCUT2D eigenvalue weighted by molar-refractivity contribution is 7.13. The van der Waals surface area contributed by atoms with Gasteiger partial charge < -0.3 is 19.4 Å². The molecule has 30 heavy (non-hydrogen) atoms. The number of carbonyl (C=O) groups is 2. The molecule has 0 spiro atoms. The van der Waals surface area contributed by atoms with Gasteiger partial charge in [-0.2, -0.15) is 0 Å². The first-order chi connectivity index (χ1) is 14.3. The average molecular weight is 426 g/mol. The molecule has 0 unspecified atom stereocenters. The highest BCUT2D eigenvalue weighted by Gasteiger charge is 2.28. The molecule has 0 radical (unpaired) electrons. The summed E-state index contributed by atoms with van der Waals surface area (Å²) in [7, 11) is 3.47. The molecular formula is C21H23N5O3S. The Morgan fingerprint density at radius 1 is 1.23 bits per heavy atom. The van der Waals surface area contributed by atoms with Crippen molar-refractivity contribution in [2.45, 2.75) is 26.4 Å². The van der Waals surface area contributed by atoms with E-state index in [1.54, 1.807) is 30.5 Å². The molecule has 0 aliphatic carbocycles. The van der Waals surface area contributed by atoms with Crippen molar-refractivity contribution in [3.8, 4) is 0 Å². The summed E-state index contributed by atoms with van der Waals surface area (Å²) in [6, 6.07) is 3.78. The van der Waals surface area contributed by atoms with Crippen LogP contribution in [0.2, 0.25) is 0 Å². The number of fused-ring (bicyclic) bond motifs is 1. The fraction of sp³-hybridized carbons (Fsp3) is 0.333. The van der Waals surface area contributed by atoms with Gasteiger partial charge in [0.25, 0.3) is 17.4 Å². The van der Waals surface area contributed by atoms with Crippen LogP contribution in [0.3, 0.4) is 0 Å². The van der Waals surface area contributed by atoms with Crippen molar-refractivity contribution >= 4 is 23.2 Å². The molecule has 0 atom stereocenters. The summed E-state index contributed by atoms with van der Waals surface area (Å²) in [4.78, 5) is 46.2. The number of rotatable bonds is 4. The van der Waals surface area contributed by atoms with Crippen molar-refractivity contribution in [2.24, 2.45) is 14.1 Å². The van der Waals surface area contributed by atoms with Crippen molar-refractivity contribution in [2.75, 3.05) is 6.54 Å². The molecule has 0 aromatic carbocycles. The van der Waals surface area contributed by atoms with Crippen LogP contribution in [-0.4, -0.2) is 37.4 Å². The zero-order valence-electron chi connectivity index (χ0n) is 17.1. The molecule has 3 aromatic rings. The van der Waals surface area contributed by atoms with Crippen LogP contribution in [0.4, 0.5) is 0 Å². The van der Waals surface area contributed by atoms with Crippen molar-refractivity contribution in [1.29, 1.82) is 0 Å². The Morgan fingerprint density at radius 2 is 2.03 bits per heavy atom. The molecule has 1 aliphatic heterocycles. The van der Waals surface area contributed by atoms with E-state index < -0.39 is 5.91 Å². The van der Waals surface area contributed by atoms with E-state index in [4.69, 9.17) is 0 Å². The first-order valence-electron chi connectivity index (χ1n) is 9.66. The zero-order valence-corrected chi connectivity index (χ0v) is 18.0. The maximum absolute atomic E-state index is 12.9. The summed E-state index contributed by atoms with van der Waals surface area (Å²) in [5.41, 5.74) is 1.37. The van der Waals surface area contributed by atoms with Gasteiger partial charge in [-0.25, -0.2) is 4.98 Å². The Morgan fingerprint density at radius 3 is 2.70 bits per heavy atom. The van der Waals surface area contributed by atoms with E-state index in [0.717, 1.165) is 16.0 Å². The first kappa shape index (κ1) is 20.1. The van der Waals surface area contributed by atoms with Crippen LogP contribution >= 0.6 is 11.3 Å². The number of amides is 2. The van der Waals surface area contributed by atoms with Crippen LogP contribution in [0.5, 0.6) is 0 Å². The lowest BCUT2D eigenvalue weighted by Crippen LogP contribution is -2.40. The van der Waals surface area contributed by atoms with Crippen LogP contribution in [0.25, 0.3) is 0 Å². The minimum Gasteiger partial charge on any atom is -0.345 e. The van der Waals surface area contributed by atoms with Crippen molar-refractivity contribution < 1.29 is 9.59 Å². The normalized spacial score (nSPS) is 13.2. The smallest absolute Gasteiger partial charge is 0.264 e. The molecule has 2 amide bonds. The van der Waals surface area contributed by atoms with E-state index in [1.807, 2.05) is 30.7 Å². The maximum Gasteiger partial charge on any atom is 0.264 e. The number of aryl methyl sites for hydroxylation is 3. The predicted octanol–water partition coefficient (Wildman–Crippen LogP) is 1.62. The average Bonchev–Trinajstić information content (AvgIpc) is 3.34. The second kappa shape index (κ2) is 7.91. The summed E-state index contributed by atoms with van der Waals surface area (Å²) in [6.45, 7) is 3.05. The zero-order chi connectivity index (χ0) is 21.4. The van der Waals surface area contributed by atoms with E-state index >= 15 is 0 Å². The molecule has 4 rings (SSSR count). The summed E-state index contributed by atoms with van der Waals surface area (Å²) in [6.07, 6.45) is 5.65. The van der Waals surface area contributed by atoms with Crippen LogP contribution in [0.15, 0.2) is 35.5 Å². The Kier molecular flexibility index (Phi) is 5.29. The molecule has 9 heteroatoms. The van der Waals surface area contributed by atoms with E-state index in [-0.39, 0.29) is 23.6 Å². The molecule has 0 saturated carbocycles. The van der Waals surface area contributed by atoms with Crippen LogP contribution < -0.4 is 10.9 Å².